The van der Waals surface area contributed by atoms with Gasteiger partial charge in [-0.15, -0.1) is 0 Å². The molecule has 2 amide bonds. The molecule has 2 aromatic carbocycles. The van der Waals surface area contributed by atoms with Crippen molar-refractivity contribution in [2.75, 3.05) is 27.3 Å². The van der Waals surface area contributed by atoms with Gasteiger partial charge in [0.15, 0.2) is 0 Å². The number of rotatable bonds is 12. The molecule has 2 fully saturated rings. The van der Waals surface area contributed by atoms with Gasteiger partial charge in [-0.1, -0.05) is 63.8 Å². The molecule has 56 heavy (non-hydrogen) atoms. The van der Waals surface area contributed by atoms with Gasteiger partial charge < -0.3 is 19.3 Å². The molecule has 4 atom stereocenters. The topological polar surface area (TPSA) is 118 Å². The van der Waals surface area contributed by atoms with Crippen LogP contribution in [0.3, 0.4) is 0 Å². The molecule has 0 radical (unpaired) electrons. The molecule has 2 aromatic rings. The molecule has 4 aliphatic rings. The third kappa shape index (κ3) is 9.21. The van der Waals surface area contributed by atoms with Crippen LogP contribution >= 0.6 is 0 Å². The summed E-state index contributed by atoms with van der Waals surface area (Å²) in [5.74, 6) is 5.13. The second-order valence-electron chi connectivity index (χ2n) is 15.9. The first-order valence-corrected chi connectivity index (χ1v) is 20.0. The van der Waals surface area contributed by atoms with Crippen molar-refractivity contribution < 1.29 is 28.7 Å². The second-order valence-corrected chi connectivity index (χ2v) is 15.9. The van der Waals surface area contributed by atoms with Crippen molar-refractivity contribution in [3.8, 4) is 11.8 Å². The fourth-order valence-electron chi connectivity index (χ4n) is 8.26. The Bertz CT molecular complexity index is 1850. The average molecular weight is 759 g/mol. The number of methoxy groups -OCH3 is 2. The highest BCUT2D eigenvalue weighted by Crippen LogP contribution is 2.34. The lowest BCUT2D eigenvalue weighted by Crippen LogP contribution is -2.45. The zero-order valence-electron chi connectivity index (χ0n) is 33.5. The molecule has 0 aliphatic carbocycles. The van der Waals surface area contributed by atoms with Gasteiger partial charge in [-0.2, -0.15) is 0 Å². The van der Waals surface area contributed by atoms with Crippen molar-refractivity contribution in [1.29, 1.82) is 0 Å². The molecule has 0 saturated carbocycles. The lowest BCUT2D eigenvalue weighted by atomic mass is 9.90. The number of carbonyl (C=O) groups excluding carboxylic acids is 4. The maximum atomic E-state index is 13.6. The summed E-state index contributed by atoms with van der Waals surface area (Å²) in [6.45, 7) is 9.26. The zero-order valence-corrected chi connectivity index (χ0v) is 33.5. The number of allylic oxidation sites excluding steroid dienone is 2. The van der Waals surface area contributed by atoms with Crippen molar-refractivity contribution in [3.05, 3.63) is 83.2 Å². The summed E-state index contributed by atoms with van der Waals surface area (Å²) >= 11 is 0. The van der Waals surface area contributed by atoms with Crippen molar-refractivity contribution >= 4 is 46.3 Å². The number of ether oxygens (including phenoxy) is 2. The van der Waals surface area contributed by atoms with Crippen LogP contribution < -0.4 is 0 Å². The summed E-state index contributed by atoms with van der Waals surface area (Å²) in [6, 6.07) is 16.3. The maximum absolute atomic E-state index is 13.6. The lowest BCUT2D eigenvalue weighted by molar-refractivity contribution is -0.148. The third-order valence-corrected chi connectivity index (χ3v) is 11.7. The van der Waals surface area contributed by atoms with Gasteiger partial charge in [-0.25, -0.2) is 0 Å². The summed E-state index contributed by atoms with van der Waals surface area (Å²) in [6.07, 6.45) is 8.97. The standard InChI is InChI=1S/C46H54N4O6/c1-29(2)37(25-43(51)55-5)45(53)49-21-7-9-41(49)39-23-35(27-47-39)33-17-13-31(14-18-33)11-12-32-15-19-34(20-16-32)36-24-40(48-28-36)42-10-8-22-50(42)46(54)38(30(3)4)26-44(52)56-6/h13-20,27-30,37-38,41-42H,7-10,21-26H2,1-6H3/t37-,38-,41-,42-/m0/s1. The number of likely N-dealkylation sites (tertiary alicyclic amines) is 2. The molecule has 0 aromatic heterocycles. The molecule has 4 aliphatic heterocycles. The summed E-state index contributed by atoms with van der Waals surface area (Å²) in [5.41, 5.74) is 8.21. The molecule has 10 nitrogen and oxygen atoms in total. The van der Waals surface area contributed by atoms with Crippen LogP contribution in [0.1, 0.15) is 101 Å². The molecule has 0 bridgehead atoms. The van der Waals surface area contributed by atoms with Gasteiger partial charge in [0.25, 0.3) is 0 Å². The van der Waals surface area contributed by atoms with Gasteiger partial charge in [-0.05, 0) is 84.1 Å². The van der Waals surface area contributed by atoms with Crippen LogP contribution in [0.5, 0.6) is 0 Å². The molecule has 6 rings (SSSR count). The van der Waals surface area contributed by atoms with Gasteiger partial charge in [0, 0.05) is 60.9 Å². The van der Waals surface area contributed by atoms with E-state index in [4.69, 9.17) is 19.5 Å². The SMILES string of the molecule is COC(=O)C[C@H](C(=O)N1CCC[C@H]1C1=NC=C(c2ccc(C#Cc3ccc(C4=CN=C([C@@H]5CCCN5C(=O)[C@@H](CC(=O)OC)C(C)C)C4)cc3)cc2)C1)C(C)C. The normalized spacial score (nSPS) is 20.2. The molecule has 4 heterocycles. The average Bonchev–Trinajstić information content (AvgIpc) is 4.04. The Balaban J connectivity index is 1.02. The Labute approximate surface area is 331 Å². The molecule has 0 N–H and O–H groups in total. The van der Waals surface area contributed by atoms with E-state index in [0.29, 0.717) is 25.9 Å². The Morgan fingerprint density at radius 1 is 0.643 bits per heavy atom. The molecule has 0 unspecified atom stereocenters. The zero-order chi connectivity index (χ0) is 39.9. The van der Waals surface area contributed by atoms with Crippen LogP contribution in [0.25, 0.3) is 11.1 Å². The molecule has 0 spiro atoms. The highest BCUT2D eigenvalue weighted by atomic mass is 16.5. The first-order chi connectivity index (χ1) is 27.0. The molecular weight excluding hydrogens is 705 g/mol. The van der Waals surface area contributed by atoms with E-state index in [9.17, 15) is 19.2 Å². The van der Waals surface area contributed by atoms with Gasteiger partial charge in [0.05, 0.1) is 51.0 Å². The third-order valence-electron chi connectivity index (χ3n) is 11.7. The Morgan fingerprint density at radius 3 is 1.36 bits per heavy atom. The fraction of sp³-hybridized carbons (Fsp3) is 0.478. The first-order valence-electron chi connectivity index (χ1n) is 20.0. The monoisotopic (exact) mass is 758 g/mol. The van der Waals surface area contributed by atoms with Crippen molar-refractivity contribution in [2.24, 2.45) is 33.7 Å². The predicted octanol–water partition coefficient (Wildman–Crippen LogP) is 7.11. The molecule has 294 valence electrons. The fourth-order valence-corrected chi connectivity index (χ4v) is 8.26. The lowest BCUT2D eigenvalue weighted by Gasteiger charge is -2.30. The Hall–Kier alpha value is -5.30. The number of carbonyl (C=O) groups is 4. The molecule has 2 saturated heterocycles. The van der Waals surface area contributed by atoms with Gasteiger partial charge >= 0.3 is 11.9 Å². The number of benzene rings is 2. The molecular formula is C46H54N4O6. The van der Waals surface area contributed by atoms with Crippen molar-refractivity contribution in [2.45, 2.75) is 91.1 Å². The highest BCUT2D eigenvalue weighted by molar-refractivity contribution is 6.04. The Morgan fingerprint density at radius 2 is 1.02 bits per heavy atom. The number of hydrogen-bond acceptors (Lipinski definition) is 8. The van der Waals surface area contributed by atoms with Gasteiger partial charge in [-0.3, -0.25) is 29.2 Å². The van der Waals surface area contributed by atoms with E-state index in [0.717, 1.165) is 70.5 Å². The van der Waals surface area contributed by atoms with Crippen LogP contribution in [0.4, 0.5) is 0 Å². The van der Waals surface area contributed by atoms with E-state index in [1.807, 2.05) is 74.2 Å². The largest absolute Gasteiger partial charge is 0.469 e. The van der Waals surface area contributed by atoms with E-state index in [2.05, 4.69) is 36.1 Å². The smallest absolute Gasteiger partial charge is 0.306 e. The van der Waals surface area contributed by atoms with E-state index in [1.165, 1.54) is 14.2 Å². The van der Waals surface area contributed by atoms with Gasteiger partial charge in [0.1, 0.15) is 0 Å². The number of nitrogens with zero attached hydrogens (tertiary/aromatic N) is 4. The minimum atomic E-state index is -0.407. The van der Waals surface area contributed by atoms with E-state index >= 15 is 0 Å². The predicted molar refractivity (Wildman–Crippen MR) is 218 cm³/mol. The van der Waals surface area contributed by atoms with Crippen molar-refractivity contribution in [3.63, 3.8) is 0 Å². The van der Waals surface area contributed by atoms with Crippen molar-refractivity contribution in [1.82, 2.24) is 9.80 Å². The van der Waals surface area contributed by atoms with Crippen LogP contribution in [-0.2, 0) is 28.7 Å². The van der Waals surface area contributed by atoms with Crippen LogP contribution in [0.15, 0.2) is 70.9 Å². The maximum Gasteiger partial charge on any atom is 0.306 e. The number of esters is 2. The summed E-state index contributed by atoms with van der Waals surface area (Å²) in [4.78, 5) is 64.7. The molecule has 10 heteroatoms. The number of amides is 2. The summed E-state index contributed by atoms with van der Waals surface area (Å²) in [5, 5.41) is 0. The minimum Gasteiger partial charge on any atom is -0.469 e. The summed E-state index contributed by atoms with van der Waals surface area (Å²) in [7, 11) is 2.72. The van der Waals surface area contributed by atoms with Crippen LogP contribution in [-0.4, -0.2) is 84.4 Å². The summed E-state index contributed by atoms with van der Waals surface area (Å²) < 4.78 is 9.74. The second kappa shape index (κ2) is 18.1. The number of aliphatic imine (C=N–C) groups is 2. The van der Waals surface area contributed by atoms with E-state index in [-0.39, 0.29) is 60.5 Å². The first kappa shape index (κ1) is 40.4. The highest BCUT2D eigenvalue weighted by Gasteiger charge is 2.40. The van der Waals surface area contributed by atoms with Crippen LogP contribution in [0, 0.1) is 35.5 Å². The minimum absolute atomic E-state index is 0.0103. The van der Waals surface area contributed by atoms with Gasteiger partial charge in [0.2, 0.25) is 11.8 Å². The Kier molecular flexibility index (Phi) is 13.0. The van der Waals surface area contributed by atoms with Crippen LogP contribution in [0.2, 0.25) is 0 Å². The quantitative estimate of drug-likeness (QED) is 0.168. The number of hydrogen-bond donors (Lipinski definition) is 0. The van der Waals surface area contributed by atoms with E-state index < -0.39 is 11.8 Å². The van der Waals surface area contributed by atoms with E-state index in [1.54, 1.807) is 0 Å².